The summed E-state index contributed by atoms with van der Waals surface area (Å²) in [6.45, 7) is 15.1. The Morgan fingerprint density at radius 3 is 1.56 bits per heavy atom. The Hall–Kier alpha value is -5.54. The number of hydrogen-bond donors (Lipinski definition) is 5. The number of alkyl carbamates (subject to hydrolysis) is 1. The van der Waals surface area contributed by atoms with Gasteiger partial charge in [0.05, 0.1) is 52.4 Å². The van der Waals surface area contributed by atoms with E-state index in [1.165, 1.54) is 12.7 Å². The Morgan fingerprint density at radius 2 is 1.15 bits per heavy atom. The van der Waals surface area contributed by atoms with Gasteiger partial charge in [0.1, 0.15) is 34.8 Å². The van der Waals surface area contributed by atoms with Crippen molar-refractivity contribution < 1.29 is 29.0 Å². The molecule has 5 aromatic rings. The van der Waals surface area contributed by atoms with Crippen molar-refractivity contribution in [1.82, 2.24) is 40.4 Å². The van der Waals surface area contributed by atoms with Crippen LogP contribution in [0.1, 0.15) is 139 Å². The molecule has 5 N–H and O–H groups in total. The third-order valence-corrected chi connectivity index (χ3v) is 14.5. The lowest BCUT2D eigenvalue weighted by Gasteiger charge is -2.34. The van der Waals surface area contributed by atoms with Gasteiger partial charge < -0.3 is 45.1 Å². The van der Waals surface area contributed by atoms with Crippen molar-refractivity contribution in [3.05, 3.63) is 86.9 Å². The van der Waals surface area contributed by atoms with Crippen molar-refractivity contribution >= 4 is 75.0 Å². The number of ether oxygens (including phenoxy) is 1. The number of carbonyl (C=O) groups is 4. The molecule has 4 amide bonds. The highest BCUT2D eigenvalue weighted by atomic mass is 35.5. The molecular formula is C49H61Cl2N9O6. The van der Waals surface area contributed by atoms with E-state index in [0.717, 1.165) is 53.5 Å². The molecule has 8 rings (SSSR count). The van der Waals surface area contributed by atoms with Gasteiger partial charge in [-0.3, -0.25) is 9.59 Å². The fourth-order valence-electron chi connectivity index (χ4n) is 10.2. The van der Waals surface area contributed by atoms with Gasteiger partial charge >= 0.3 is 12.2 Å². The van der Waals surface area contributed by atoms with Crippen molar-refractivity contribution in [3.63, 3.8) is 0 Å². The van der Waals surface area contributed by atoms with Crippen LogP contribution in [0.2, 0.25) is 10.0 Å². The zero-order valence-corrected chi connectivity index (χ0v) is 40.4. The molecule has 3 aliphatic heterocycles. The minimum Gasteiger partial charge on any atom is -0.465 e. The maximum absolute atomic E-state index is 13.9. The van der Waals surface area contributed by atoms with Gasteiger partial charge in [-0.2, -0.15) is 0 Å². The van der Waals surface area contributed by atoms with E-state index in [0.29, 0.717) is 58.7 Å². The molecule has 3 saturated heterocycles. The molecular weight excluding hydrogens is 882 g/mol. The fourth-order valence-corrected chi connectivity index (χ4v) is 10.9. The number of aromatic nitrogens is 4. The monoisotopic (exact) mass is 941 g/mol. The third kappa shape index (κ3) is 8.88. The van der Waals surface area contributed by atoms with Crippen LogP contribution in [-0.2, 0) is 19.7 Å². The second-order valence-corrected chi connectivity index (χ2v) is 20.5. The molecule has 0 bridgehead atoms. The molecule has 2 aromatic heterocycles. The fraction of sp³-hybridized carbons (Fsp3) is 0.510. The van der Waals surface area contributed by atoms with Crippen LogP contribution in [0.25, 0.3) is 22.1 Å². The van der Waals surface area contributed by atoms with Crippen molar-refractivity contribution in [1.29, 1.82) is 0 Å². The first-order valence-electron chi connectivity index (χ1n) is 23.1. The van der Waals surface area contributed by atoms with Gasteiger partial charge in [-0.15, -0.1) is 0 Å². The average Bonchev–Trinajstić information content (AvgIpc) is 4.13. The second kappa shape index (κ2) is 18.6. The molecule has 3 aliphatic rings. The molecule has 0 saturated carbocycles. The van der Waals surface area contributed by atoms with Gasteiger partial charge in [0.25, 0.3) is 0 Å². The summed E-state index contributed by atoms with van der Waals surface area (Å²) in [5.41, 5.74) is 6.79. The Labute approximate surface area is 395 Å². The minimum atomic E-state index is -1.24. The molecule has 17 heteroatoms. The number of aromatic amines is 2. The van der Waals surface area contributed by atoms with Crippen LogP contribution in [0.3, 0.4) is 0 Å². The number of amides is 4. The van der Waals surface area contributed by atoms with Crippen LogP contribution in [-0.4, -0.2) is 91.1 Å². The lowest BCUT2D eigenvalue weighted by Crippen LogP contribution is -2.51. The number of methoxy groups -OCH3 is 1. The number of carbonyl (C=O) groups excluding carboxylic acids is 3. The van der Waals surface area contributed by atoms with Gasteiger partial charge in [-0.1, -0.05) is 95.9 Å². The number of benzene rings is 3. The second-order valence-electron chi connectivity index (χ2n) is 19.7. The maximum Gasteiger partial charge on any atom is 0.407 e. The van der Waals surface area contributed by atoms with Crippen molar-refractivity contribution in [2.45, 2.75) is 129 Å². The highest BCUT2D eigenvalue weighted by molar-refractivity contribution is 6.36. The van der Waals surface area contributed by atoms with Crippen LogP contribution < -0.4 is 15.5 Å². The van der Waals surface area contributed by atoms with Crippen LogP contribution >= 0.6 is 23.2 Å². The zero-order valence-electron chi connectivity index (χ0n) is 38.9. The van der Waals surface area contributed by atoms with E-state index in [-0.39, 0.29) is 53.2 Å². The van der Waals surface area contributed by atoms with Gasteiger partial charge in [0.2, 0.25) is 11.8 Å². The summed E-state index contributed by atoms with van der Waals surface area (Å²) in [5, 5.41) is 15.7. The first kappa shape index (κ1) is 47.0. The molecule has 66 heavy (non-hydrogen) atoms. The SMILES string of the molecule is COC(=O)N[C@H](C(=O)N1CCC[C@H]1c1nc2c(Cl)c(C3CCC(c4ccc5[nH]c([C@@H]6CCCN6C(=O)[C@@H](NC(=O)O)C(C)C)nc5c4Cl)N3c3ccc(C(C)(C)C)cc3)ccc2[nH]1)C(C)C. The topological polar surface area (TPSA) is 189 Å². The zero-order chi connectivity index (χ0) is 47.4. The summed E-state index contributed by atoms with van der Waals surface area (Å²) < 4.78 is 4.82. The number of likely N-dealkylation sites (tertiary alicyclic amines) is 2. The highest BCUT2D eigenvalue weighted by Gasteiger charge is 2.42. The first-order chi connectivity index (χ1) is 31.4. The smallest absolute Gasteiger partial charge is 0.407 e. The normalized spacial score (nSPS) is 21.1. The van der Waals surface area contributed by atoms with Gasteiger partial charge in [0.15, 0.2) is 0 Å². The number of halogens is 2. The molecule has 5 heterocycles. The van der Waals surface area contributed by atoms with Crippen LogP contribution in [0.5, 0.6) is 0 Å². The number of imidazole rings is 2. The Kier molecular flexibility index (Phi) is 13.3. The van der Waals surface area contributed by atoms with Crippen molar-refractivity contribution in [2.24, 2.45) is 11.8 Å². The predicted molar refractivity (Wildman–Crippen MR) is 256 cm³/mol. The van der Waals surface area contributed by atoms with E-state index in [2.05, 4.69) is 82.7 Å². The quantitative estimate of drug-likeness (QED) is 0.0858. The van der Waals surface area contributed by atoms with E-state index < -0.39 is 24.3 Å². The molecule has 352 valence electrons. The number of fused-ring (bicyclic) bond motifs is 2. The van der Waals surface area contributed by atoms with E-state index in [1.54, 1.807) is 9.80 Å². The molecule has 6 atom stereocenters. The number of hydrogen-bond acceptors (Lipinski definition) is 8. The summed E-state index contributed by atoms with van der Waals surface area (Å²) in [7, 11) is 1.28. The Balaban J connectivity index is 1.13. The van der Waals surface area contributed by atoms with Crippen LogP contribution in [0, 0.1) is 11.8 Å². The predicted octanol–water partition coefficient (Wildman–Crippen LogP) is 10.1. The molecule has 0 spiro atoms. The maximum atomic E-state index is 13.9. The standard InChI is InChI=1S/C49H61Cl2N9O6/c1-25(2)39(56-47(63)64)45(61)58-23-9-11-35(58)43-52-31-19-17-29(37(50)41(31)54-43)33-21-22-34(60(33)28-15-13-27(14-16-28)49(5,6)7)30-18-20-32-42(38(30)51)55-44(53-32)36-12-10-24-59(36)46(62)40(26(3)4)57-48(65)66-8/h13-20,25-26,33-36,39-40,56H,9-12,21-24H2,1-8H3,(H,52,54)(H,53,55)(H,57,65)(H,63,64)/t33?,34?,35-,36-,39-,40-/m0/s1. The summed E-state index contributed by atoms with van der Waals surface area (Å²) in [6.07, 6.45) is 2.60. The molecule has 2 unspecified atom stereocenters. The first-order valence-corrected chi connectivity index (χ1v) is 23.8. The van der Waals surface area contributed by atoms with Crippen molar-refractivity contribution in [3.8, 4) is 0 Å². The van der Waals surface area contributed by atoms with Crippen molar-refractivity contribution in [2.75, 3.05) is 25.1 Å². The summed E-state index contributed by atoms with van der Waals surface area (Å²) in [6, 6.07) is 14.2. The van der Waals surface area contributed by atoms with Gasteiger partial charge in [-0.05, 0) is 96.7 Å². The van der Waals surface area contributed by atoms with E-state index in [4.69, 9.17) is 37.9 Å². The lowest BCUT2D eigenvalue weighted by atomic mass is 9.87. The van der Waals surface area contributed by atoms with Gasteiger partial charge in [0, 0.05) is 18.8 Å². The number of nitrogens with zero attached hydrogens (tertiary/aromatic N) is 5. The molecule has 3 fully saturated rings. The van der Waals surface area contributed by atoms with Crippen LogP contribution in [0.15, 0.2) is 48.5 Å². The Bertz CT molecular complexity index is 2640. The van der Waals surface area contributed by atoms with E-state index in [9.17, 15) is 24.3 Å². The molecule has 3 aromatic carbocycles. The van der Waals surface area contributed by atoms with E-state index in [1.807, 2.05) is 39.8 Å². The minimum absolute atomic E-state index is 0.0462. The Morgan fingerprint density at radius 1 is 0.697 bits per heavy atom. The summed E-state index contributed by atoms with van der Waals surface area (Å²) >= 11 is 14.9. The van der Waals surface area contributed by atoms with Gasteiger partial charge in [-0.25, -0.2) is 19.6 Å². The molecule has 0 radical (unpaired) electrons. The average molecular weight is 943 g/mol. The van der Waals surface area contributed by atoms with Crippen LogP contribution in [0.4, 0.5) is 15.3 Å². The number of anilines is 1. The summed E-state index contributed by atoms with van der Waals surface area (Å²) in [5.74, 6) is 0.425. The van der Waals surface area contributed by atoms with E-state index >= 15 is 0 Å². The third-order valence-electron chi connectivity index (χ3n) is 13.7. The molecule has 15 nitrogen and oxygen atoms in total. The number of carboxylic acid groups (broad SMARTS) is 1. The summed E-state index contributed by atoms with van der Waals surface area (Å²) in [4.78, 5) is 74.5. The molecule has 0 aliphatic carbocycles. The number of H-pyrrole nitrogens is 2. The largest absolute Gasteiger partial charge is 0.465 e. The number of rotatable bonds is 11. The highest BCUT2D eigenvalue weighted by Crippen LogP contribution is 2.51. The lowest BCUT2D eigenvalue weighted by molar-refractivity contribution is -0.136. The number of nitrogens with one attached hydrogen (secondary N) is 4.